The third-order valence-electron chi connectivity index (χ3n) is 7.85. The van der Waals surface area contributed by atoms with E-state index in [1.165, 1.54) is 11.3 Å². The lowest BCUT2D eigenvalue weighted by Crippen LogP contribution is -2.38. The van der Waals surface area contributed by atoms with E-state index in [2.05, 4.69) is 46.4 Å². The van der Waals surface area contributed by atoms with E-state index in [1.807, 2.05) is 0 Å². The molecule has 1 aromatic heterocycles. The van der Waals surface area contributed by atoms with Crippen LogP contribution >= 0.6 is 0 Å². The molecule has 0 aliphatic carbocycles. The number of nitrogens with one attached hydrogen (secondary N) is 1. The zero-order valence-electron chi connectivity index (χ0n) is 19.3. The van der Waals surface area contributed by atoms with Crippen molar-refractivity contribution in [2.75, 3.05) is 60.8 Å². The van der Waals surface area contributed by atoms with Crippen LogP contribution in [0.1, 0.15) is 42.9 Å². The number of fused-ring (bicyclic) bond motifs is 2. The Morgan fingerprint density at radius 3 is 2.70 bits per heavy atom. The standard InChI is InChI=1S/C25H33N5O2S/c1-29-16-20(19-4-2-3-5-22(19)29)17-6-11-30(12-7-17)25-27-21-10-15-33(31)23(21)24(28-25)26-18-8-13-32-14-9-18/h2-5,17-18,20H,6-16H2,1H3,(H,26,27,28). The molecule has 8 heteroatoms. The van der Waals surface area contributed by atoms with Gasteiger partial charge in [0.05, 0.1) is 16.5 Å². The molecule has 0 radical (unpaired) electrons. The molecule has 0 bridgehead atoms. The first kappa shape index (κ1) is 21.4. The van der Waals surface area contributed by atoms with Crippen LogP contribution in [0.3, 0.4) is 0 Å². The maximum absolute atomic E-state index is 12.7. The average molecular weight is 468 g/mol. The molecular formula is C25H33N5O2S. The van der Waals surface area contributed by atoms with Gasteiger partial charge in [0.1, 0.15) is 10.7 Å². The van der Waals surface area contributed by atoms with Gasteiger partial charge in [-0.25, -0.2) is 4.98 Å². The predicted octanol–water partition coefficient (Wildman–Crippen LogP) is 3.18. The molecule has 0 spiro atoms. The molecule has 5 heterocycles. The Balaban J connectivity index is 1.19. The number of likely N-dealkylation sites (N-methyl/N-ethyl adjacent to an activating group) is 1. The molecule has 1 aromatic carbocycles. The fourth-order valence-corrected chi connectivity index (χ4v) is 7.32. The van der Waals surface area contributed by atoms with E-state index in [4.69, 9.17) is 14.7 Å². The highest BCUT2D eigenvalue weighted by Gasteiger charge is 2.35. The van der Waals surface area contributed by atoms with E-state index >= 15 is 0 Å². The summed E-state index contributed by atoms with van der Waals surface area (Å²) in [5.74, 6) is 3.57. The topological polar surface area (TPSA) is 70.6 Å². The van der Waals surface area contributed by atoms with Gasteiger partial charge in [-0.1, -0.05) is 18.2 Å². The Kier molecular flexibility index (Phi) is 5.74. The number of ether oxygens (including phenoxy) is 1. The van der Waals surface area contributed by atoms with Crippen molar-refractivity contribution in [3.05, 3.63) is 35.5 Å². The fraction of sp³-hybridized carbons (Fsp3) is 0.600. The lowest BCUT2D eigenvalue weighted by atomic mass is 9.81. The Bertz CT molecular complexity index is 1050. The number of para-hydroxylation sites is 1. The quantitative estimate of drug-likeness (QED) is 0.741. The summed E-state index contributed by atoms with van der Waals surface area (Å²) in [5.41, 5.74) is 3.88. The molecule has 0 saturated carbocycles. The van der Waals surface area contributed by atoms with Crippen molar-refractivity contribution < 1.29 is 8.95 Å². The van der Waals surface area contributed by atoms with Gasteiger partial charge in [-0.15, -0.1) is 0 Å². The van der Waals surface area contributed by atoms with E-state index in [0.29, 0.717) is 23.6 Å². The lowest BCUT2D eigenvalue weighted by Gasteiger charge is -2.35. The number of benzene rings is 1. The van der Waals surface area contributed by atoms with Crippen molar-refractivity contribution in [2.24, 2.45) is 5.92 Å². The van der Waals surface area contributed by atoms with Crippen molar-refractivity contribution in [3.63, 3.8) is 0 Å². The maximum Gasteiger partial charge on any atom is 0.227 e. The number of rotatable bonds is 4. The minimum absolute atomic E-state index is 0.327. The molecule has 176 valence electrons. The number of piperidine rings is 1. The molecule has 7 nitrogen and oxygen atoms in total. The van der Waals surface area contributed by atoms with Crippen molar-refractivity contribution in [2.45, 2.75) is 49.0 Å². The van der Waals surface area contributed by atoms with Crippen molar-refractivity contribution >= 4 is 28.3 Å². The molecule has 4 aliphatic heterocycles. The summed E-state index contributed by atoms with van der Waals surface area (Å²) >= 11 is 0. The fourth-order valence-electron chi connectivity index (χ4n) is 6.00. The third-order valence-corrected chi connectivity index (χ3v) is 9.31. The highest BCUT2D eigenvalue weighted by atomic mass is 32.2. The summed E-state index contributed by atoms with van der Waals surface area (Å²) in [4.78, 5) is 15.4. The van der Waals surface area contributed by atoms with Gasteiger partial charge >= 0.3 is 0 Å². The van der Waals surface area contributed by atoms with Crippen LogP contribution in [0.4, 0.5) is 17.5 Å². The largest absolute Gasteiger partial charge is 0.381 e. The van der Waals surface area contributed by atoms with Gasteiger partial charge in [0.15, 0.2) is 0 Å². The number of hydrogen-bond acceptors (Lipinski definition) is 7. The van der Waals surface area contributed by atoms with E-state index in [1.54, 1.807) is 0 Å². The first-order chi connectivity index (χ1) is 16.2. The molecule has 2 aromatic rings. The summed E-state index contributed by atoms with van der Waals surface area (Å²) in [6.45, 7) is 4.61. The third kappa shape index (κ3) is 4.01. The van der Waals surface area contributed by atoms with Crippen LogP contribution in [-0.2, 0) is 22.0 Å². The van der Waals surface area contributed by atoms with Crippen LogP contribution < -0.4 is 15.1 Å². The van der Waals surface area contributed by atoms with Gasteiger partial charge in [-0.2, -0.15) is 4.98 Å². The Morgan fingerprint density at radius 1 is 1.09 bits per heavy atom. The zero-order chi connectivity index (χ0) is 22.4. The molecule has 2 unspecified atom stereocenters. The van der Waals surface area contributed by atoms with E-state index in [9.17, 15) is 4.21 Å². The van der Waals surface area contributed by atoms with Crippen molar-refractivity contribution in [1.82, 2.24) is 9.97 Å². The lowest BCUT2D eigenvalue weighted by molar-refractivity contribution is 0.0903. The van der Waals surface area contributed by atoms with Crippen LogP contribution in [0.2, 0.25) is 0 Å². The van der Waals surface area contributed by atoms with Gasteiger partial charge in [-0.3, -0.25) is 4.21 Å². The summed E-state index contributed by atoms with van der Waals surface area (Å²) in [5, 5.41) is 3.60. The van der Waals surface area contributed by atoms with E-state index in [-0.39, 0.29) is 0 Å². The summed E-state index contributed by atoms with van der Waals surface area (Å²) < 4.78 is 18.2. The van der Waals surface area contributed by atoms with E-state index in [0.717, 1.165) is 87.3 Å². The van der Waals surface area contributed by atoms with E-state index < -0.39 is 10.8 Å². The van der Waals surface area contributed by atoms with Gasteiger partial charge in [-0.05, 0) is 43.2 Å². The highest BCUT2D eigenvalue weighted by molar-refractivity contribution is 7.85. The monoisotopic (exact) mass is 467 g/mol. The Morgan fingerprint density at radius 2 is 1.88 bits per heavy atom. The number of aryl methyl sites for hydroxylation is 1. The number of nitrogens with zero attached hydrogens (tertiary/aromatic N) is 4. The minimum atomic E-state index is -1.00. The second-order valence-electron chi connectivity index (χ2n) is 9.85. The summed E-state index contributed by atoms with van der Waals surface area (Å²) in [6.07, 6.45) is 5.01. The summed E-state index contributed by atoms with van der Waals surface area (Å²) in [7, 11) is 1.21. The Hall–Kier alpha value is -2.19. The number of hydrogen-bond donors (Lipinski definition) is 1. The van der Waals surface area contributed by atoms with Crippen LogP contribution in [0.15, 0.2) is 29.2 Å². The SMILES string of the molecule is CN1CC(C2CCN(c3nc4c(c(NC5CCOCC5)n3)S(=O)CC4)CC2)c2ccccc21. The minimum Gasteiger partial charge on any atom is -0.381 e. The molecule has 2 fully saturated rings. The first-order valence-electron chi connectivity index (χ1n) is 12.4. The van der Waals surface area contributed by atoms with Gasteiger partial charge in [0, 0.05) is 69.7 Å². The first-order valence-corrected chi connectivity index (χ1v) is 13.7. The van der Waals surface area contributed by atoms with Gasteiger partial charge in [0.2, 0.25) is 5.95 Å². The molecule has 1 N–H and O–H groups in total. The predicted molar refractivity (Wildman–Crippen MR) is 132 cm³/mol. The molecular weight excluding hydrogens is 434 g/mol. The van der Waals surface area contributed by atoms with Crippen LogP contribution in [0, 0.1) is 5.92 Å². The van der Waals surface area contributed by atoms with Crippen molar-refractivity contribution in [1.29, 1.82) is 0 Å². The molecule has 0 amide bonds. The molecule has 6 rings (SSSR count). The second kappa shape index (κ2) is 8.87. The molecule has 2 atom stereocenters. The Labute approximate surface area is 198 Å². The summed E-state index contributed by atoms with van der Waals surface area (Å²) in [6, 6.07) is 9.21. The van der Waals surface area contributed by atoms with Crippen molar-refractivity contribution in [3.8, 4) is 0 Å². The van der Waals surface area contributed by atoms with Gasteiger partial charge < -0.3 is 19.9 Å². The second-order valence-corrected chi connectivity index (χ2v) is 11.4. The number of aromatic nitrogens is 2. The van der Waals surface area contributed by atoms with Crippen LogP contribution in [0.5, 0.6) is 0 Å². The highest BCUT2D eigenvalue weighted by Crippen LogP contribution is 2.43. The van der Waals surface area contributed by atoms with Crippen LogP contribution in [0.25, 0.3) is 0 Å². The molecule has 33 heavy (non-hydrogen) atoms. The smallest absolute Gasteiger partial charge is 0.227 e. The average Bonchev–Trinajstić information content (AvgIpc) is 3.40. The molecule has 4 aliphatic rings. The molecule has 2 saturated heterocycles. The van der Waals surface area contributed by atoms with Crippen LogP contribution in [-0.4, -0.2) is 65.9 Å². The normalized spacial score (nSPS) is 25.8. The maximum atomic E-state index is 12.7. The van der Waals surface area contributed by atoms with Gasteiger partial charge in [0.25, 0.3) is 0 Å². The zero-order valence-corrected chi connectivity index (χ0v) is 20.1. The number of anilines is 3.